The molecule has 2 aromatic carbocycles. The molecule has 1 unspecified atom stereocenters. The SMILES string of the molecule is CC(CC(=O)Nc1cccc(N2CCCC2)c1)NC(=O)COc1ccc(C2SCCCS2)cc1. The van der Waals surface area contributed by atoms with Crippen LogP contribution in [0.15, 0.2) is 48.5 Å². The third-order valence-electron chi connectivity index (χ3n) is 5.85. The van der Waals surface area contributed by atoms with Gasteiger partial charge in [0.1, 0.15) is 5.75 Å². The molecular weight excluding hydrogens is 466 g/mol. The highest BCUT2D eigenvalue weighted by Crippen LogP contribution is 2.43. The molecule has 0 aromatic heterocycles. The Labute approximate surface area is 210 Å². The van der Waals surface area contributed by atoms with E-state index in [2.05, 4.69) is 33.7 Å². The van der Waals surface area contributed by atoms with E-state index in [1.165, 1.54) is 36.3 Å². The van der Waals surface area contributed by atoms with E-state index in [0.717, 1.165) is 24.5 Å². The zero-order chi connectivity index (χ0) is 23.8. The maximum absolute atomic E-state index is 12.5. The van der Waals surface area contributed by atoms with Crippen LogP contribution in [0.1, 0.15) is 42.8 Å². The monoisotopic (exact) mass is 499 g/mol. The first-order valence-electron chi connectivity index (χ1n) is 12.0. The minimum atomic E-state index is -0.291. The molecule has 2 fully saturated rings. The van der Waals surface area contributed by atoms with Crippen LogP contribution in [0.3, 0.4) is 0 Å². The smallest absolute Gasteiger partial charge is 0.258 e. The van der Waals surface area contributed by atoms with E-state index in [9.17, 15) is 9.59 Å². The van der Waals surface area contributed by atoms with Crippen LogP contribution >= 0.6 is 23.5 Å². The van der Waals surface area contributed by atoms with Crippen molar-refractivity contribution in [1.29, 1.82) is 0 Å². The number of hydrogen-bond donors (Lipinski definition) is 2. The Morgan fingerprint density at radius 1 is 1.03 bits per heavy atom. The van der Waals surface area contributed by atoms with Crippen molar-refractivity contribution >= 4 is 46.7 Å². The molecule has 2 amide bonds. The predicted molar refractivity (Wildman–Crippen MR) is 143 cm³/mol. The molecule has 182 valence electrons. The Kier molecular flexibility index (Phi) is 9.04. The molecule has 0 radical (unpaired) electrons. The summed E-state index contributed by atoms with van der Waals surface area (Å²) < 4.78 is 6.13. The van der Waals surface area contributed by atoms with Crippen molar-refractivity contribution in [1.82, 2.24) is 5.32 Å². The second-order valence-corrected chi connectivity index (χ2v) is 11.5. The Bertz CT molecular complexity index is 958. The van der Waals surface area contributed by atoms with E-state index >= 15 is 0 Å². The van der Waals surface area contributed by atoms with Crippen molar-refractivity contribution in [3.05, 3.63) is 54.1 Å². The van der Waals surface area contributed by atoms with Gasteiger partial charge in [0.25, 0.3) is 5.91 Å². The van der Waals surface area contributed by atoms with Gasteiger partial charge in [-0.2, -0.15) is 0 Å². The highest BCUT2D eigenvalue weighted by atomic mass is 32.2. The highest BCUT2D eigenvalue weighted by molar-refractivity contribution is 8.16. The molecule has 0 aliphatic carbocycles. The normalized spacial score (nSPS) is 17.3. The third-order valence-corrected chi connectivity index (χ3v) is 8.86. The quantitative estimate of drug-likeness (QED) is 0.502. The first-order chi connectivity index (χ1) is 16.6. The van der Waals surface area contributed by atoms with Crippen molar-refractivity contribution in [3.63, 3.8) is 0 Å². The van der Waals surface area contributed by atoms with Crippen LogP contribution in [0.25, 0.3) is 0 Å². The maximum Gasteiger partial charge on any atom is 0.258 e. The lowest BCUT2D eigenvalue weighted by Crippen LogP contribution is -2.38. The lowest BCUT2D eigenvalue weighted by atomic mass is 10.2. The number of nitrogens with zero attached hydrogens (tertiary/aromatic N) is 1. The number of anilines is 2. The van der Waals surface area contributed by atoms with Crippen LogP contribution in [-0.4, -0.2) is 49.1 Å². The van der Waals surface area contributed by atoms with Gasteiger partial charge in [0.15, 0.2) is 6.61 Å². The van der Waals surface area contributed by atoms with Crippen LogP contribution in [0, 0.1) is 0 Å². The Hall–Kier alpha value is -2.32. The van der Waals surface area contributed by atoms with E-state index in [-0.39, 0.29) is 30.9 Å². The molecule has 4 rings (SSSR count). The fraction of sp³-hybridized carbons (Fsp3) is 0.462. The molecule has 2 heterocycles. The molecule has 2 aliphatic heterocycles. The molecule has 8 heteroatoms. The Morgan fingerprint density at radius 3 is 2.50 bits per heavy atom. The van der Waals surface area contributed by atoms with Crippen LogP contribution in [-0.2, 0) is 9.59 Å². The van der Waals surface area contributed by atoms with Gasteiger partial charge in [-0.1, -0.05) is 18.2 Å². The van der Waals surface area contributed by atoms with Crippen LogP contribution in [0.2, 0.25) is 0 Å². The average molecular weight is 500 g/mol. The highest BCUT2D eigenvalue weighted by Gasteiger charge is 2.17. The van der Waals surface area contributed by atoms with Crippen molar-refractivity contribution in [2.24, 2.45) is 0 Å². The molecule has 2 aliphatic rings. The van der Waals surface area contributed by atoms with E-state index < -0.39 is 0 Å². The number of hydrogen-bond acceptors (Lipinski definition) is 6. The number of ether oxygens (including phenoxy) is 1. The van der Waals surface area contributed by atoms with Gasteiger partial charge in [-0.15, -0.1) is 23.5 Å². The van der Waals surface area contributed by atoms with Crippen molar-refractivity contribution in [2.45, 2.75) is 43.2 Å². The standard InChI is InChI=1S/C26H33N3O3S2/c1-19(16-24(30)28-21-6-4-7-22(17-21)29-12-2-3-13-29)27-25(31)18-32-23-10-8-20(9-11-23)26-33-14-5-15-34-26/h4,6-11,17,19,26H,2-3,5,12-16,18H2,1H3,(H,27,31)(H,28,30). The van der Waals surface area contributed by atoms with Gasteiger partial charge in [0.05, 0.1) is 4.58 Å². The summed E-state index contributed by atoms with van der Waals surface area (Å²) in [5, 5.41) is 5.79. The van der Waals surface area contributed by atoms with Crippen molar-refractivity contribution < 1.29 is 14.3 Å². The minimum Gasteiger partial charge on any atom is -0.484 e. The summed E-state index contributed by atoms with van der Waals surface area (Å²) in [6, 6.07) is 15.7. The van der Waals surface area contributed by atoms with Crippen LogP contribution < -0.4 is 20.3 Å². The molecule has 1 atom stereocenters. The summed E-state index contributed by atoms with van der Waals surface area (Å²) in [6.45, 7) is 3.87. The second-order valence-electron chi connectivity index (χ2n) is 8.75. The van der Waals surface area contributed by atoms with E-state index in [1.807, 2.05) is 60.8 Å². The number of carbonyl (C=O) groups is 2. The summed E-state index contributed by atoms with van der Waals surface area (Å²) >= 11 is 3.96. The number of benzene rings is 2. The minimum absolute atomic E-state index is 0.0733. The molecule has 0 bridgehead atoms. The van der Waals surface area contributed by atoms with Gasteiger partial charge in [0, 0.05) is 36.9 Å². The third kappa shape index (κ3) is 7.34. The topological polar surface area (TPSA) is 70.7 Å². The summed E-state index contributed by atoms with van der Waals surface area (Å²) in [4.78, 5) is 27.1. The van der Waals surface area contributed by atoms with Gasteiger partial charge in [-0.25, -0.2) is 0 Å². The van der Waals surface area contributed by atoms with Gasteiger partial charge >= 0.3 is 0 Å². The zero-order valence-electron chi connectivity index (χ0n) is 19.6. The molecule has 34 heavy (non-hydrogen) atoms. The van der Waals surface area contributed by atoms with Crippen LogP contribution in [0.5, 0.6) is 5.75 Å². The number of thioether (sulfide) groups is 2. The maximum atomic E-state index is 12.5. The predicted octanol–water partition coefficient (Wildman–Crippen LogP) is 5.07. The van der Waals surface area contributed by atoms with Gasteiger partial charge in [-0.05, 0) is 73.6 Å². The molecule has 6 nitrogen and oxygen atoms in total. The van der Waals surface area contributed by atoms with Gasteiger partial charge in [0.2, 0.25) is 5.91 Å². The van der Waals surface area contributed by atoms with E-state index in [4.69, 9.17) is 4.74 Å². The van der Waals surface area contributed by atoms with E-state index in [0.29, 0.717) is 10.3 Å². The van der Waals surface area contributed by atoms with Crippen molar-refractivity contribution in [2.75, 3.05) is 41.4 Å². The number of carbonyl (C=O) groups excluding carboxylic acids is 2. The Balaban J connectivity index is 1.18. The van der Waals surface area contributed by atoms with E-state index in [1.54, 1.807) is 0 Å². The fourth-order valence-electron chi connectivity index (χ4n) is 4.16. The second kappa shape index (κ2) is 12.4. The summed E-state index contributed by atoms with van der Waals surface area (Å²) in [5.74, 6) is 2.72. The summed E-state index contributed by atoms with van der Waals surface area (Å²) in [5.41, 5.74) is 3.21. The molecule has 2 N–H and O–H groups in total. The largest absolute Gasteiger partial charge is 0.484 e. The fourth-order valence-corrected chi connectivity index (χ4v) is 7.06. The molecule has 2 aromatic rings. The van der Waals surface area contributed by atoms with Crippen LogP contribution in [0.4, 0.5) is 11.4 Å². The van der Waals surface area contributed by atoms with Gasteiger partial charge in [-0.3, -0.25) is 9.59 Å². The number of amides is 2. The molecule has 0 saturated carbocycles. The first-order valence-corrected chi connectivity index (χ1v) is 14.1. The Morgan fingerprint density at radius 2 is 1.76 bits per heavy atom. The zero-order valence-corrected chi connectivity index (χ0v) is 21.3. The number of rotatable bonds is 9. The average Bonchev–Trinajstić information content (AvgIpc) is 3.39. The summed E-state index contributed by atoms with van der Waals surface area (Å²) in [7, 11) is 0. The molecular formula is C26H33N3O3S2. The lowest BCUT2D eigenvalue weighted by Gasteiger charge is -2.21. The first kappa shape index (κ1) is 24.8. The van der Waals surface area contributed by atoms with Gasteiger partial charge < -0.3 is 20.3 Å². The number of nitrogens with one attached hydrogen (secondary N) is 2. The molecule has 0 spiro atoms. The van der Waals surface area contributed by atoms with Crippen molar-refractivity contribution in [3.8, 4) is 5.75 Å². The molecule has 2 saturated heterocycles. The summed E-state index contributed by atoms with van der Waals surface area (Å²) in [6.07, 6.45) is 3.89. The lowest BCUT2D eigenvalue weighted by molar-refractivity contribution is -0.124.